The van der Waals surface area contributed by atoms with E-state index < -0.39 is 40.4 Å². The second kappa shape index (κ2) is 5.91. The highest BCUT2D eigenvalue weighted by atomic mass is 19.1. The van der Waals surface area contributed by atoms with Crippen LogP contribution in [0.5, 0.6) is 0 Å². The van der Waals surface area contributed by atoms with E-state index in [1.807, 2.05) is 0 Å². The second-order valence-corrected chi connectivity index (χ2v) is 8.76. The van der Waals surface area contributed by atoms with Gasteiger partial charge in [0.1, 0.15) is 5.82 Å². The van der Waals surface area contributed by atoms with Crippen molar-refractivity contribution in [1.82, 2.24) is 0 Å². The molecule has 7 unspecified atom stereocenters. The van der Waals surface area contributed by atoms with Gasteiger partial charge in [-0.2, -0.15) is 15.8 Å². The maximum Gasteiger partial charge on any atom is 0.243 e. The Morgan fingerprint density at radius 1 is 1.07 bits per heavy atom. The van der Waals surface area contributed by atoms with E-state index in [0.717, 1.165) is 12.8 Å². The number of nitrogens with one attached hydrogen (secondary N) is 1. The second-order valence-electron chi connectivity index (χ2n) is 8.76. The molecule has 4 bridgehead atoms. The van der Waals surface area contributed by atoms with Crippen molar-refractivity contribution in [2.45, 2.75) is 31.7 Å². The predicted octanol–water partition coefficient (Wildman–Crippen LogP) is 3.78. The minimum absolute atomic E-state index is 0.143. The van der Waals surface area contributed by atoms with E-state index in [-0.39, 0.29) is 11.8 Å². The number of ether oxygens (including phenoxy) is 2. The van der Waals surface area contributed by atoms with Gasteiger partial charge >= 0.3 is 0 Å². The van der Waals surface area contributed by atoms with E-state index in [2.05, 4.69) is 30.4 Å². The van der Waals surface area contributed by atoms with Crippen LogP contribution in [-0.4, -0.2) is 12.0 Å². The van der Waals surface area contributed by atoms with Crippen LogP contribution >= 0.6 is 0 Å². The molecule has 1 saturated carbocycles. The number of allylic oxidation sites excluding steroid dienone is 2. The lowest BCUT2D eigenvalue weighted by atomic mass is 9.52. The smallest absolute Gasteiger partial charge is 0.243 e. The first-order valence-electron chi connectivity index (χ1n) is 10.0. The molecule has 0 amide bonds. The van der Waals surface area contributed by atoms with Crippen LogP contribution in [0.4, 0.5) is 4.39 Å². The van der Waals surface area contributed by atoms with Crippen LogP contribution in [0, 0.1) is 79.7 Å². The molecule has 2 heterocycles. The van der Waals surface area contributed by atoms with Gasteiger partial charge in [-0.25, -0.2) is 4.39 Å². The molecule has 0 aromatic heterocycles. The van der Waals surface area contributed by atoms with Crippen molar-refractivity contribution in [3.8, 4) is 18.2 Å². The van der Waals surface area contributed by atoms with Crippen molar-refractivity contribution >= 4 is 5.90 Å². The van der Waals surface area contributed by atoms with Crippen LogP contribution in [-0.2, 0) is 15.3 Å². The Morgan fingerprint density at radius 3 is 2.30 bits per heavy atom. The number of halogens is 1. The molecule has 150 valence electrons. The summed E-state index contributed by atoms with van der Waals surface area (Å²) >= 11 is 0. The van der Waals surface area contributed by atoms with E-state index in [9.17, 15) is 20.2 Å². The Balaban J connectivity index is 1.74. The van der Waals surface area contributed by atoms with Crippen LogP contribution in [0.15, 0.2) is 36.4 Å². The van der Waals surface area contributed by atoms with E-state index in [0.29, 0.717) is 11.5 Å². The van der Waals surface area contributed by atoms with Gasteiger partial charge in [0.05, 0.1) is 30.2 Å². The third-order valence-corrected chi connectivity index (χ3v) is 7.68. The zero-order chi connectivity index (χ0) is 21.3. The number of nitriles is 3. The van der Waals surface area contributed by atoms with Gasteiger partial charge in [0.2, 0.25) is 11.7 Å². The lowest BCUT2D eigenvalue weighted by Gasteiger charge is -2.51. The summed E-state index contributed by atoms with van der Waals surface area (Å²) in [6.07, 6.45) is 5.00. The fourth-order valence-electron chi connectivity index (χ4n) is 6.15. The SMILES string of the molecule is CC1C2(c3ccc(F)cc3)OC(=N)C1(C#N)C(C#N)(C#N)C(C1CC3C=CC1C3)O2. The molecule has 7 heteroatoms. The Kier molecular flexibility index (Phi) is 3.70. The first-order valence-corrected chi connectivity index (χ1v) is 10.0. The summed E-state index contributed by atoms with van der Waals surface area (Å²) in [6, 6.07) is 11.9. The van der Waals surface area contributed by atoms with Gasteiger partial charge in [0, 0.05) is 5.56 Å². The molecule has 2 aliphatic carbocycles. The van der Waals surface area contributed by atoms with Crippen molar-refractivity contribution in [3.63, 3.8) is 0 Å². The van der Waals surface area contributed by atoms with Crippen LogP contribution in [0.3, 0.4) is 0 Å². The van der Waals surface area contributed by atoms with Crippen molar-refractivity contribution in [2.24, 2.45) is 34.5 Å². The molecule has 1 aromatic rings. The van der Waals surface area contributed by atoms with Crippen molar-refractivity contribution in [3.05, 3.63) is 47.8 Å². The summed E-state index contributed by atoms with van der Waals surface area (Å²) in [5.41, 5.74) is -3.22. The van der Waals surface area contributed by atoms with Crippen molar-refractivity contribution in [1.29, 1.82) is 21.2 Å². The molecule has 2 aliphatic heterocycles. The predicted molar refractivity (Wildman–Crippen MR) is 101 cm³/mol. The minimum Gasteiger partial charge on any atom is -0.443 e. The summed E-state index contributed by atoms with van der Waals surface area (Å²) in [5, 5.41) is 39.4. The van der Waals surface area contributed by atoms with Gasteiger partial charge in [-0.15, -0.1) is 0 Å². The highest BCUT2D eigenvalue weighted by Crippen LogP contribution is 2.68. The van der Waals surface area contributed by atoms with E-state index in [1.54, 1.807) is 6.92 Å². The number of hydrogen-bond donors (Lipinski definition) is 1. The largest absolute Gasteiger partial charge is 0.443 e. The van der Waals surface area contributed by atoms with Crippen LogP contribution < -0.4 is 0 Å². The molecule has 3 fully saturated rings. The molecule has 0 spiro atoms. The fraction of sp³-hybridized carbons (Fsp3) is 0.478. The highest BCUT2D eigenvalue weighted by Gasteiger charge is 2.80. The molecule has 4 aliphatic rings. The van der Waals surface area contributed by atoms with Gasteiger partial charge < -0.3 is 9.47 Å². The van der Waals surface area contributed by atoms with Gasteiger partial charge in [-0.05, 0) is 54.9 Å². The summed E-state index contributed by atoms with van der Waals surface area (Å²) in [6.45, 7) is 1.66. The van der Waals surface area contributed by atoms with Gasteiger partial charge in [-0.1, -0.05) is 19.1 Å². The Bertz CT molecular complexity index is 1080. The van der Waals surface area contributed by atoms with Gasteiger partial charge in [0.15, 0.2) is 10.8 Å². The maximum atomic E-state index is 13.6. The monoisotopic (exact) mass is 402 g/mol. The number of nitrogens with zero attached hydrogens (tertiary/aromatic N) is 3. The van der Waals surface area contributed by atoms with Gasteiger partial charge in [-0.3, -0.25) is 5.41 Å². The lowest BCUT2D eigenvalue weighted by molar-refractivity contribution is -0.297. The Morgan fingerprint density at radius 2 is 1.77 bits per heavy atom. The molecular formula is C23H19FN4O2. The number of rotatable bonds is 2. The highest BCUT2D eigenvalue weighted by molar-refractivity contribution is 5.89. The first-order chi connectivity index (χ1) is 14.4. The summed E-state index contributed by atoms with van der Waals surface area (Å²) in [5.74, 6) is -2.87. The molecule has 1 N–H and O–H groups in total. The van der Waals surface area contributed by atoms with Gasteiger partial charge in [0.25, 0.3) is 0 Å². The Hall–Kier alpha value is -3.21. The zero-order valence-corrected chi connectivity index (χ0v) is 16.3. The number of fused-ring (bicyclic) bond motifs is 4. The third kappa shape index (κ3) is 1.91. The Labute approximate surface area is 173 Å². The molecule has 6 nitrogen and oxygen atoms in total. The van der Waals surface area contributed by atoms with Crippen LogP contribution in [0.25, 0.3) is 0 Å². The molecular weight excluding hydrogens is 383 g/mol. The standard InChI is InChI=1S/C23H19FN4O2/c1-13-22(12-27)20(28)30-23(13,16-4-6-17(24)7-5-16)29-19(21(22,10-25)11-26)18-9-14-2-3-15(18)8-14/h2-7,13-15,18-19,28H,8-9H2,1H3. The normalized spacial score (nSPS) is 42.2. The maximum absolute atomic E-state index is 13.6. The fourth-order valence-corrected chi connectivity index (χ4v) is 6.15. The number of hydrogen-bond acceptors (Lipinski definition) is 6. The van der Waals surface area contributed by atoms with E-state index >= 15 is 0 Å². The summed E-state index contributed by atoms with van der Waals surface area (Å²) in [7, 11) is 0. The minimum atomic E-state index is -1.89. The lowest BCUT2D eigenvalue weighted by Crippen LogP contribution is -2.63. The summed E-state index contributed by atoms with van der Waals surface area (Å²) in [4.78, 5) is 0. The quantitative estimate of drug-likeness (QED) is 0.756. The molecule has 2 saturated heterocycles. The topological polar surface area (TPSA) is 114 Å². The van der Waals surface area contributed by atoms with Crippen molar-refractivity contribution in [2.75, 3.05) is 0 Å². The van der Waals surface area contributed by atoms with E-state index in [1.165, 1.54) is 24.3 Å². The van der Waals surface area contributed by atoms with Crippen LogP contribution in [0.1, 0.15) is 25.3 Å². The summed E-state index contributed by atoms with van der Waals surface area (Å²) < 4.78 is 26.0. The zero-order valence-electron chi connectivity index (χ0n) is 16.3. The molecule has 0 radical (unpaired) electrons. The third-order valence-electron chi connectivity index (χ3n) is 7.68. The number of benzene rings is 1. The molecule has 5 rings (SSSR count). The molecule has 1 aromatic carbocycles. The average molecular weight is 402 g/mol. The first kappa shape index (κ1) is 18.8. The van der Waals surface area contributed by atoms with E-state index in [4.69, 9.17) is 14.9 Å². The average Bonchev–Trinajstić information content (AvgIpc) is 3.42. The molecule has 7 atom stereocenters. The van der Waals surface area contributed by atoms with Crippen molar-refractivity contribution < 1.29 is 13.9 Å². The van der Waals surface area contributed by atoms with Crippen LogP contribution in [0.2, 0.25) is 0 Å². The molecule has 30 heavy (non-hydrogen) atoms.